The van der Waals surface area contributed by atoms with Gasteiger partial charge in [-0.25, -0.2) is 9.18 Å². The average molecular weight is 308 g/mol. The summed E-state index contributed by atoms with van der Waals surface area (Å²) in [6.07, 6.45) is 0. The van der Waals surface area contributed by atoms with E-state index in [0.717, 1.165) is 6.07 Å². The number of carbonyl (C=O) groups is 2. The fraction of sp³-hybridized carbons (Fsp3) is 0.214. The smallest absolute Gasteiger partial charge is 0.338 e. The van der Waals surface area contributed by atoms with E-state index in [2.05, 4.69) is 10.5 Å². The lowest BCUT2D eigenvalue weighted by Crippen LogP contribution is -2.21. The Balaban J connectivity index is 1.89. The van der Waals surface area contributed by atoms with Crippen LogP contribution in [0.25, 0.3) is 0 Å². The topological polar surface area (TPSA) is 90.7 Å². The van der Waals surface area contributed by atoms with Gasteiger partial charge in [0, 0.05) is 6.07 Å². The molecule has 1 heterocycles. The van der Waals surface area contributed by atoms with Crippen molar-refractivity contribution < 1.29 is 28.0 Å². The summed E-state index contributed by atoms with van der Waals surface area (Å²) in [5.74, 6) is -1.35. The van der Waals surface area contributed by atoms with Crippen molar-refractivity contribution in [2.45, 2.75) is 6.92 Å². The van der Waals surface area contributed by atoms with Crippen LogP contribution in [0.1, 0.15) is 16.1 Å². The molecule has 0 radical (unpaired) electrons. The molecule has 1 aromatic carbocycles. The number of ether oxygens (including phenoxy) is 2. The van der Waals surface area contributed by atoms with E-state index in [4.69, 9.17) is 14.0 Å². The van der Waals surface area contributed by atoms with Crippen molar-refractivity contribution in [1.82, 2.24) is 5.16 Å². The minimum absolute atomic E-state index is 0.00990. The second-order valence-corrected chi connectivity index (χ2v) is 4.30. The Kier molecular flexibility index (Phi) is 4.72. The number of methoxy groups -OCH3 is 1. The Morgan fingerprint density at radius 3 is 2.73 bits per heavy atom. The molecule has 2 aromatic rings. The van der Waals surface area contributed by atoms with Gasteiger partial charge in [-0.05, 0) is 25.1 Å². The van der Waals surface area contributed by atoms with Gasteiger partial charge >= 0.3 is 5.97 Å². The number of rotatable bonds is 5. The standard InChI is InChI=1S/C14H13FN2O5/c1-8-5-12(17-22-8)16-13(18)7-21-14(19)9-3-4-11(20-2)10(15)6-9/h3-6H,7H2,1-2H3,(H,16,17,18). The number of benzene rings is 1. The minimum atomic E-state index is -0.826. The van der Waals surface area contributed by atoms with Gasteiger partial charge in [0.25, 0.3) is 5.91 Å². The molecule has 0 bridgehead atoms. The van der Waals surface area contributed by atoms with Crippen LogP contribution in [0.3, 0.4) is 0 Å². The molecule has 0 fully saturated rings. The molecule has 1 N–H and O–H groups in total. The molecule has 0 unspecified atom stereocenters. The molecule has 0 atom stereocenters. The number of carbonyl (C=O) groups excluding carboxylic acids is 2. The summed E-state index contributed by atoms with van der Waals surface area (Å²) in [7, 11) is 1.31. The first kappa shape index (κ1) is 15.5. The van der Waals surface area contributed by atoms with E-state index in [-0.39, 0.29) is 17.1 Å². The SMILES string of the molecule is COc1ccc(C(=O)OCC(=O)Nc2cc(C)on2)cc1F. The maximum Gasteiger partial charge on any atom is 0.338 e. The third kappa shape index (κ3) is 3.81. The normalized spacial score (nSPS) is 10.1. The molecule has 116 valence electrons. The third-order valence-electron chi connectivity index (χ3n) is 2.62. The number of hydrogen-bond acceptors (Lipinski definition) is 6. The molecule has 2 rings (SSSR count). The monoisotopic (exact) mass is 308 g/mol. The van der Waals surface area contributed by atoms with Gasteiger partial charge in [0.15, 0.2) is 24.0 Å². The number of aryl methyl sites for hydroxylation is 1. The number of hydrogen-bond donors (Lipinski definition) is 1. The van der Waals surface area contributed by atoms with E-state index in [1.807, 2.05) is 0 Å². The highest BCUT2D eigenvalue weighted by atomic mass is 19.1. The number of halogens is 1. The molecule has 0 aliphatic heterocycles. The first-order chi connectivity index (χ1) is 10.5. The van der Waals surface area contributed by atoms with Crippen molar-refractivity contribution in [3.63, 3.8) is 0 Å². The maximum absolute atomic E-state index is 13.5. The van der Waals surface area contributed by atoms with E-state index in [9.17, 15) is 14.0 Å². The number of amides is 1. The summed E-state index contributed by atoms with van der Waals surface area (Å²) in [6.45, 7) is 1.14. The largest absolute Gasteiger partial charge is 0.494 e. The fourth-order valence-corrected chi connectivity index (χ4v) is 1.61. The maximum atomic E-state index is 13.5. The highest BCUT2D eigenvalue weighted by Gasteiger charge is 2.14. The van der Waals surface area contributed by atoms with Crippen molar-refractivity contribution >= 4 is 17.7 Å². The van der Waals surface area contributed by atoms with Gasteiger partial charge in [-0.3, -0.25) is 4.79 Å². The van der Waals surface area contributed by atoms with E-state index >= 15 is 0 Å². The molecule has 0 spiro atoms. The molecule has 0 aliphatic carbocycles. The lowest BCUT2D eigenvalue weighted by atomic mass is 10.2. The van der Waals surface area contributed by atoms with Crippen molar-refractivity contribution in [2.24, 2.45) is 0 Å². The van der Waals surface area contributed by atoms with Gasteiger partial charge in [-0.2, -0.15) is 0 Å². The molecule has 0 saturated heterocycles. The lowest BCUT2D eigenvalue weighted by molar-refractivity contribution is -0.119. The summed E-state index contributed by atoms with van der Waals surface area (Å²) in [6, 6.07) is 5.12. The second kappa shape index (κ2) is 6.70. The Labute approximate surface area is 125 Å². The van der Waals surface area contributed by atoms with E-state index < -0.39 is 24.3 Å². The zero-order valence-electron chi connectivity index (χ0n) is 11.9. The van der Waals surface area contributed by atoms with Crippen LogP contribution in [0.15, 0.2) is 28.8 Å². The van der Waals surface area contributed by atoms with Crippen LogP contribution < -0.4 is 10.1 Å². The van der Waals surface area contributed by atoms with Crippen LogP contribution in [0.5, 0.6) is 5.75 Å². The average Bonchev–Trinajstić information content (AvgIpc) is 2.89. The molecular weight excluding hydrogens is 295 g/mol. The summed E-state index contributed by atoms with van der Waals surface area (Å²) in [5.41, 5.74) is -0.0246. The second-order valence-electron chi connectivity index (χ2n) is 4.30. The molecule has 0 saturated carbocycles. The zero-order chi connectivity index (χ0) is 16.1. The van der Waals surface area contributed by atoms with Crippen molar-refractivity contribution in [3.05, 3.63) is 41.4 Å². The first-order valence-electron chi connectivity index (χ1n) is 6.23. The molecule has 22 heavy (non-hydrogen) atoms. The highest BCUT2D eigenvalue weighted by molar-refractivity contribution is 5.95. The predicted octanol–water partition coefficient (Wildman–Crippen LogP) is 1.93. The number of esters is 1. The van der Waals surface area contributed by atoms with Crippen LogP contribution in [-0.2, 0) is 9.53 Å². The number of aromatic nitrogens is 1. The van der Waals surface area contributed by atoms with Crippen molar-refractivity contribution in [2.75, 3.05) is 19.0 Å². The molecule has 0 aliphatic rings. The van der Waals surface area contributed by atoms with Gasteiger partial charge in [-0.1, -0.05) is 5.16 Å². The van der Waals surface area contributed by atoms with Crippen LogP contribution in [-0.4, -0.2) is 30.7 Å². The zero-order valence-corrected chi connectivity index (χ0v) is 11.9. The quantitative estimate of drug-likeness (QED) is 0.849. The molecule has 8 heteroatoms. The molecular formula is C14H13FN2O5. The van der Waals surface area contributed by atoms with Gasteiger partial charge in [0.1, 0.15) is 5.76 Å². The molecule has 1 amide bonds. The summed E-state index contributed by atoms with van der Waals surface area (Å²) >= 11 is 0. The van der Waals surface area contributed by atoms with E-state index in [1.54, 1.807) is 6.92 Å². The van der Waals surface area contributed by atoms with Crippen LogP contribution in [0.2, 0.25) is 0 Å². The van der Waals surface area contributed by atoms with Crippen LogP contribution in [0.4, 0.5) is 10.2 Å². The Morgan fingerprint density at radius 2 is 2.14 bits per heavy atom. The lowest BCUT2D eigenvalue weighted by Gasteiger charge is -2.06. The van der Waals surface area contributed by atoms with Crippen molar-refractivity contribution in [3.8, 4) is 5.75 Å². The van der Waals surface area contributed by atoms with E-state index in [1.165, 1.54) is 25.3 Å². The predicted molar refractivity (Wildman–Crippen MR) is 73.1 cm³/mol. The van der Waals surface area contributed by atoms with Crippen molar-refractivity contribution in [1.29, 1.82) is 0 Å². The Hall–Kier alpha value is -2.90. The first-order valence-corrected chi connectivity index (χ1v) is 6.23. The number of anilines is 1. The van der Waals surface area contributed by atoms with Crippen LogP contribution >= 0.6 is 0 Å². The highest BCUT2D eigenvalue weighted by Crippen LogP contribution is 2.18. The third-order valence-corrected chi connectivity index (χ3v) is 2.62. The molecule has 7 nitrogen and oxygen atoms in total. The van der Waals surface area contributed by atoms with Gasteiger partial charge in [0.05, 0.1) is 12.7 Å². The van der Waals surface area contributed by atoms with Gasteiger partial charge in [0.2, 0.25) is 0 Å². The molecule has 1 aromatic heterocycles. The summed E-state index contributed by atoms with van der Waals surface area (Å²) in [4.78, 5) is 23.3. The van der Waals surface area contributed by atoms with Crippen LogP contribution in [0, 0.1) is 12.7 Å². The number of nitrogens with zero attached hydrogens (tertiary/aromatic N) is 1. The minimum Gasteiger partial charge on any atom is -0.494 e. The van der Waals surface area contributed by atoms with E-state index in [0.29, 0.717) is 5.76 Å². The summed E-state index contributed by atoms with van der Waals surface area (Å²) in [5, 5.41) is 5.94. The van der Waals surface area contributed by atoms with Gasteiger partial charge < -0.3 is 19.3 Å². The Bertz CT molecular complexity index is 698. The Morgan fingerprint density at radius 1 is 1.36 bits per heavy atom. The summed E-state index contributed by atoms with van der Waals surface area (Å²) < 4.78 is 27.8. The fourth-order valence-electron chi connectivity index (χ4n) is 1.61. The van der Waals surface area contributed by atoms with Gasteiger partial charge in [-0.15, -0.1) is 0 Å². The number of nitrogens with one attached hydrogen (secondary N) is 1.